The number of methoxy groups -OCH3 is 1. The summed E-state index contributed by atoms with van der Waals surface area (Å²) in [6, 6.07) is -0.139. The second-order valence-corrected chi connectivity index (χ2v) is 4.43. The first kappa shape index (κ1) is 14.7. The Labute approximate surface area is 108 Å². The van der Waals surface area contributed by atoms with Crippen LogP contribution < -0.4 is 5.32 Å². The predicted molar refractivity (Wildman–Crippen MR) is 69.1 cm³/mol. The van der Waals surface area contributed by atoms with E-state index in [9.17, 15) is 4.79 Å². The molecule has 0 bridgehead atoms. The molecule has 0 aromatic carbocycles. The molecule has 1 heterocycles. The molecule has 0 radical (unpaired) electrons. The number of aromatic nitrogens is 2. The summed E-state index contributed by atoms with van der Waals surface area (Å²) < 4.78 is 7.00. The maximum Gasteiger partial charge on any atom is 0.237 e. The number of likely N-dealkylation sites (N-methyl/N-ethyl adjacent to an activating group) is 1. The largest absolute Gasteiger partial charge is 0.383 e. The fourth-order valence-electron chi connectivity index (χ4n) is 1.45. The monoisotopic (exact) mass is 254 g/mol. The molecule has 0 saturated carbocycles. The summed E-state index contributed by atoms with van der Waals surface area (Å²) in [6.07, 6.45) is 3.51. The van der Waals surface area contributed by atoms with Gasteiger partial charge in [-0.3, -0.25) is 9.69 Å². The summed E-state index contributed by atoms with van der Waals surface area (Å²) in [4.78, 5) is 17.7. The van der Waals surface area contributed by atoms with Crippen molar-refractivity contribution in [3.63, 3.8) is 0 Å². The number of rotatable bonds is 7. The van der Waals surface area contributed by atoms with Crippen LogP contribution in [0.3, 0.4) is 0 Å². The zero-order chi connectivity index (χ0) is 13.5. The van der Waals surface area contributed by atoms with E-state index in [1.165, 1.54) is 0 Å². The van der Waals surface area contributed by atoms with Crippen molar-refractivity contribution in [1.29, 1.82) is 0 Å². The number of imidazole rings is 1. The Morgan fingerprint density at radius 1 is 1.61 bits per heavy atom. The molecule has 1 atom stereocenters. The van der Waals surface area contributed by atoms with Crippen LogP contribution in [0, 0.1) is 0 Å². The molecular formula is C12H22N4O2. The van der Waals surface area contributed by atoms with Gasteiger partial charge in [0.05, 0.1) is 31.2 Å². The van der Waals surface area contributed by atoms with Crippen molar-refractivity contribution >= 4 is 5.91 Å². The molecule has 6 heteroatoms. The highest BCUT2D eigenvalue weighted by Crippen LogP contribution is 2.00. The number of nitrogens with one attached hydrogen (secondary N) is 1. The summed E-state index contributed by atoms with van der Waals surface area (Å²) in [5.74, 6) is 0.0134. The number of amides is 1. The quantitative estimate of drug-likeness (QED) is 0.749. The van der Waals surface area contributed by atoms with E-state index in [2.05, 4.69) is 10.3 Å². The van der Waals surface area contributed by atoms with Crippen molar-refractivity contribution < 1.29 is 9.53 Å². The number of ether oxygens (including phenoxy) is 1. The maximum absolute atomic E-state index is 11.8. The molecule has 0 aliphatic heterocycles. The van der Waals surface area contributed by atoms with Crippen molar-refractivity contribution in [2.24, 2.45) is 0 Å². The van der Waals surface area contributed by atoms with Crippen LogP contribution in [0.2, 0.25) is 0 Å². The fraction of sp³-hybridized carbons (Fsp3) is 0.667. The van der Waals surface area contributed by atoms with Crippen LogP contribution in [-0.4, -0.2) is 54.2 Å². The third-order valence-electron chi connectivity index (χ3n) is 2.93. The minimum absolute atomic E-state index is 0.0134. The van der Waals surface area contributed by atoms with Crippen molar-refractivity contribution in [3.05, 3.63) is 18.2 Å². The van der Waals surface area contributed by atoms with E-state index in [1.807, 2.05) is 30.5 Å². The van der Waals surface area contributed by atoms with Crippen LogP contribution in [-0.2, 0) is 22.6 Å². The average Bonchev–Trinajstić information content (AvgIpc) is 2.79. The summed E-state index contributed by atoms with van der Waals surface area (Å²) in [6.45, 7) is 3.73. The van der Waals surface area contributed by atoms with Gasteiger partial charge in [-0.2, -0.15) is 0 Å². The van der Waals surface area contributed by atoms with Gasteiger partial charge < -0.3 is 14.6 Å². The van der Waals surface area contributed by atoms with Crippen LogP contribution in [0.25, 0.3) is 0 Å². The molecule has 6 nitrogen and oxygen atoms in total. The van der Waals surface area contributed by atoms with Gasteiger partial charge in [-0.1, -0.05) is 0 Å². The van der Waals surface area contributed by atoms with E-state index in [0.29, 0.717) is 13.2 Å². The first-order valence-corrected chi connectivity index (χ1v) is 5.98. The van der Waals surface area contributed by atoms with E-state index < -0.39 is 0 Å². The number of carbonyl (C=O) groups is 1. The average molecular weight is 254 g/mol. The molecule has 0 spiro atoms. The van der Waals surface area contributed by atoms with Crippen LogP contribution in [0.5, 0.6) is 0 Å². The maximum atomic E-state index is 11.8. The minimum Gasteiger partial charge on any atom is -0.383 e. The first-order valence-electron chi connectivity index (χ1n) is 5.98. The zero-order valence-electron chi connectivity index (χ0n) is 11.5. The Bertz CT molecular complexity index is 376. The fourth-order valence-corrected chi connectivity index (χ4v) is 1.45. The Hall–Kier alpha value is -1.40. The lowest BCUT2D eigenvalue weighted by Gasteiger charge is -2.19. The molecule has 1 aromatic rings. The molecule has 0 aliphatic rings. The first-order chi connectivity index (χ1) is 8.56. The van der Waals surface area contributed by atoms with Gasteiger partial charge in [-0.15, -0.1) is 0 Å². The van der Waals surface area contributed by atoms with Gasteiger partial charge in [0.15, 0.2) is 0 Å². The molecular weight excluding hydrogens is 232 g/mol. The van der Waals surface area contributed by atoms with Crippen molar-refractivity contribution in [3.8, 4) is 0 Å². The molecule has 102 valence electrons. The van der Waals surface area contributed by atoms with Crippen LogP contribution >= 0.6 is 0 Å². The van der Waals surface area contributed by atoms with E-state index in [1.54, 1.807) is 19.6 Å². The molecule has 0 aliphatic carbocycles. The molecule has 1 aromatic heterocycles. The van der Waals surface area contributed by atoms with Crippen molar-refractivity contribution in [2.75, 3.05) is 27.8 Å². The Kier molecular flexibility index (Phi) is 5.80. The van der Waals surface area contributed by atoms with Crippen LogP contribution in [0.15, 0.2) is 12.5 Å². The molecule has 0 saturated heterocycles. The summed E-state index contributed by atoms with van der Waals surface area (Å²) in [7, 11) is 5.43. The molecule has 0 fully saturated rings. The van der Waals surface area contributed by atoms with Crippen molar-refractivity contribution in [1.82, 2.24) is 19.8 Å². The number of hydrogen-bond acceptors (Lipinski definition) is 4. The van der Waals surface area contributed by atoms with Gasteiger partial charge in [0.2, 0.25) is 5.91 Å². The topological polar surface area (TPSA) is 59.4 Å². The normalized spacial score (nSPS) is 12.7. The molecule has 18 heavy (non-hydrogen) atoms. The smallest absolute Gasteiger partial charge is 0.237 e. The van der Waals surface area contributed by atoms with Gasteiger partial charge in [0.25, 0.3) is 0 Å². The standard InChI is InChI=1S/C12H22N4O2/c1-10(15(2)3)12(17)14-8-11-7-13-9-16(11)5-6-18-4/h7,9-10H,5-6,8H2,1-4H3,(H,14,17)/t10-/m1/s1. The Morgan fingerprint density at radius 3 is 2.94 bits per heavy atom. The number of carbonyl (C=O) groups excluding carboxylic acids is 1. The van der Waals surface area contributed by atoms with Gasteiger partial charge in [0.1, 0.15) is 0 Å². The number of hydrogen-bond donors (Lipinski definition) is 1. The third-order valence-corrected chi connectivity index (χ3v) is 2.93. The molecule has 0 unspecified atom stereocenters. The minimum atomic E-state index is -0.139. The summed E-state index contributed by atoms with van der Waals surface area (Å²) in [5, 5.41) is 2.90. The molecule has 1 rings (SSSR count). The van der Waals surface area contributed by atoms with Crippen LogP contribution in [0.1, 0.15) is 12.6 Å². The highest BCUT2D eigenvalue weighted by molar-refractivity contribution is 5.81. The lowest BCUT2D eigenvalue weighted by atomic mass is 10.3. The predicted octanol–water partition coefficient (Wildman–Crippen LogP) is 0.0958. The van der Waals surface area contributed by atoms with Crippen LogP contribution in [0.4, 0.5) is 0 Å². The Morgan fingerprint density at radius 2 is 2.33 bits per heavy atom. The lowest BCUT2D eigenvalue weighted by Crippen LogP contribution is -2.41. The van der Waals surface area contributed by atoms with E-state index in [4.69, 9.17) is 4.74 Å². The number of nitrogens with zero attached hydrogens (tertiary/aromatic N) is 3. The SMILES string of the molecule is COCCn1cncc1CNC(=O)[C@@H](C)N(C)C. The second kappa shape index (κ2) is 7.13. The van der Waals surface area contributed by atoms with E-state index in [0.717, 1.165) is 12.2 Å². The van der Waals surface area contributed by atoms with Crippen molar-refractivity contribution in [2.45, 2.75) is 26.1 Å². The molecule has 1 N–H and O–H groups in total. The highest BCUT2D eigenvalue weighted by atomic mass is 16.5. The van der Waals surface area contributed by atoms with Gasteiger partial charge in [-0.25, -0.2) is 4.98 Å². The van der Waals surface area contributed by atoms with Gasteiger partial charge in [-0.05, 0) is 21.0 Å². The van der Waals surface area contributed by atoms with Gasteiger partial charge in [0, 0.05) is 19.9 Å². The highest BCUT2D eigenvalue weighted by Gasteiger charge is 2.14. The second-order valence-electron chi connectivity index (χ2n) is 4.43. The van der Waals surface area contributed by atoms with Gasteiger partial charge >= 0.3 is 0 Å². The van der Waals surface area contributed by atoms with E-state index in [-0.39, 0.29) is 11.9 Å². The third kappa shape index (κ3) is 4.12. The zero-order valence-corrected chi connectivity index (χ0v) is 11.5. The lowest BCUT2D eigenvalue weighted by molar-refractivity contribution is -0.125. The Balaban J connectivity index is 2.48. The molecule has 1 amide bonds. The summed E-state index contributed by atoms with van der Waals surface area (Å²) >= 11 is 0. The summed E-state index contributed by atoms with van der Waals surface area (Å²) in [5.41, 5.74) is 0.978. The van der Waals surface area contributed by atoms with E-state index >= 15 is 0 Å².